The number of pyridine rings is 1. The van der Waals surface area contributed by atoms with E-state index in [1.54, 1.807) is 0 Å². The molecule has 1 aromatic rings. The van der Waals surface area contributed by atoms with Gasteiger partial charge in [0.2, 0.25) is 0 Å². The van der Waals surface area contributed by atoms with Crippen LogP contribution in [-0.4, -0.2) is 11.0 Å². The lowest BCUT2D eigenvalue weighted by molar-refractivity contribution is 0.663. The Bertz CT molecular complexity index is 243. The van der Waals surface area contributed by atoms with Crippen molar-refractivity contribution in [1.82, 2.24) is 4.98 Å². The van der Waals surface area contributed by atoms with Crippen LogP contribution in [0.15, 0.2) is 18.5 Å². The highest BCUT2D eigenvalue weighted by molar-refractivity contribution is 5.21. The van der Waals surface area contributed by atoms with E-state index in [1.807, 2.05) is 25.4 Å². The molecule has 1 atom stereocenters. The van der Waals surface area contributed by atoms with E-state index in [0.29, 0.717) is 0 Å². The zero-order chi connectivity index (χ0) is 8.97. The van der Waals surface area contributed by atoms with Crippen molar-refractivity contribution >= 4 is 0 Å². The molecule has 1 rings (SSSR count). The van der Waals surface area contributed by atoms with Gasteiger partial charge in [0, 0.05) is 18.4 Å². The molecule has 66 valence electrons. The lowest BCUT2D eigenvalue weighted by atomic mass is 10.0. The summed E-state index contributed by atoms with van der Waals surface area (Å²) in [7, 11) is 0. The van der Waals surface area contributed by atoms with E-state index in [-0.39, 0.29) is 6.04 Å². The van der Waals surface area contributed by atoms with Crippen LogP contribution in [-0.2, 0) is 6.42 Å². The number of hydrogen-bond donors (Lipinski definition) is 1. The van der Waals surface area contributed by atoms with Gasteiger partial charge < -0.3 is 5.73 Å². The maximum absolute atomic E-state index is 5.67. The van der Waals surface area contributed by atoms with Gasteiger partial charge in [-0.3, -0.25) is 4.98 Å². The van der Waals surface area contributed by atoms with Gasteiger partial charge in [-0.15, -0.1) is 0 Å². The summed E-state index contributed by atoms with van der Waals surface area (Å²) in [4.78, 5) is 4.08. The molecule has 0 amide bonds. The summed E-state index contributed by atoms with van der Waals surface area (Å²) in [5, 5.41) is 0. The monoisotopic (exact) mass is 164 g/mol. The van der Waals surface area contributed by atoms with Crippen LogP contribution in [0.4, 0.5) is 0 Å². The van der Waals surface area contributed by atoms with E-state index in [1.165, 1.54) is 11.1 Å². The summed E-state index contributed by atoms with van der Waals surface area (Å²) in [6, 6.07) is 2.32. The summed E-state index contributed by atoms with van der Waals surface area (Å²) in [5.74, 6) is 0. The number of aryl methyl sites for hydroxylation is 2. The third-order valence-electron chi connectivity index (χ3n) is 2.02. The molecule has 0 aliphatic heterocycles. The lowest BCUT2D eigenvalue weighted by Gasteiger charge is -2.06. The molecular weight excluding hydrogens is 148 g/mol. The Hall–Kier alpha value is -0.890. The Morgan fingerprint density at radius 1 is 1.58 bits per heavy atom. The predicted molar refractivity (Wildman–Crippen MR) is 50.9 cm³/mol. The Morgan fingerprint density at radius 2 is 2.33 bits per heavy atom. The van der Waals surface area contributed by atoms with E-state index in [4.69, 9.17) is 5.73 Å². The summed E-state index contributed by atoms with van der Waals surface area (Å²) >= 11 is 0. The first kappa shape index (κ1) is 9.20. The fourth-order valence-corrected chi connectivity index (χ4v) is 1.14. The van der Waals surface area contributed by atoms with Crippen LogP contribution in [0.5, 0.6) is 0 Å². The number of nitrogens with two attached hydrogens (primary N) is 1. The Balaban J connectivity index is 2.57. The average Bonchev–Trinajstić information content (AvgIpc) is 2.03. The van der Waals surface area contributed by atoms with Crippen LogP contribution in [0.1, 0.15) is 24.5 Å². The molecule has 0 spiro atoms. The molecule has 0 saturated heterocycles. The van der Waals surface area contributed by atoms with Crippen molar-refractivity contribution in [1.29, 1.82) is 0 Å². The zero-order valence-electron chi connectivity index (χ0n) is 7.75. The highest BCUT2D eigenvalue weighted by Crippen LogP contribution is 2.08. The van der Waals surface area contributed by atoms with Crippen molar-refractivity contribution in [2.24, 2.45) is 5.73 Å². The van der Waals surface area contributed by atoms with Crippen molar-refractivity contribution in [2.75, 3.05) is 0 Å². The maximum atomic E-state index is 5.67. The summed E-state index contributed by atoms with van der Waals surface area (Å²) < 4.78 is 0. The van der Waals surface area contributed by atoms with Crippen molar-refractivity contribution in [3.05, 3.63) is 29.6 Å². The second-order valence-electron chi connectivity index (χ2n) is 3.32. The fourth-order valence-electron chi connectivity index (χ4n) is 1.14. The summed E-state index contributed by atoms with van der Waals surface area (Å²) in [5.41, 5.74) is 8.30. The van der Waals surface area contributed by atoms with Gasteiger partial charge in [0.05, 0.1) is 0 Å². The minimum Gasteiger partial charge on any atom is -0.328 e. The molecular formula is C10H16N2. The molecule has 2 N–H and O–H groups in total. The van der Waals surface area contributed by atoms with Crippen LogP contribution in [0.3, 0.4) is 0 Å². The highest BCUT2D eigenvalue weighted by Gasteiger charge is 1.99. The molecule has 12 heavy (non-hydrogen) atoms. The fraction of sp³-hybridized carbons (Fsp3) is 0.500. The Morgan fingerprint density at radius 3 is 2.92 bits per heavy atom. The van der Waals surface area contributed by atoms with Gasteiger partial charge in [-0.05, 0) is 43.9 Å². The van der Waals surface area contributed by atoms with Crippen LogP contribution >= 0.6 is 0 Å². The molecule has 1 aromatic heterocycles. The SMILES string of the molecule is Cc1ccncc1CCC(C)N. The average molecular weight is 164 g/mol. The molecule has 0 bridgehead atoms. The second-order valence-corrected chi connectivity index (χ2v) is 3.32. The van der Waals surface area contributed by atoms with Crippen molar-refractivity contribution in [3.63, 3.8) is 0 Å². The van der Waals surface area contributed by atoms with E-state index in [9.17, 15) is 0 Å². The Labute approximate surface area is 73.8 Å². The van der Waals surface area contributed by atoms with E-state index in [2.05, 4.69) is 11.9 Å². The predicted octanol–water partition coefficient (Wildman–Crippen LogP) is 1.67. The van der Waals surface area contributed by atoms with Crippen molar-refractivity contribution < 1.29 is 0 Å². The van der Waals surface area contributed by atoms with Gasteiger partial charge in [-0.25, -0.2) is 0 Å². The quantitative estimate of drug-likeness (QED) is 0.738. The first-order valence-corrected chi connectivity index (χ1v) is 4.35. The zero-order valence-corrected chi connectivity index (χ0v) is 7.75. The minimum atomic E-state index is 0.282. The number of nitrogens with zero attached hydrogens (tertiary/aromatic N) is 1. The number of hydrogen-bond acceptors (Lipinski definition) is 2. The molecule has 1 unspecified atom stereocenters. The number of rotatable bonds is 3. The van der Waals surface area contributed by atoms with E-state index < -0.39 is 0 Å². The molecule has 1 heterocycles. The van der Waals surface area contributed by atoms with Gasteiger partial charge in [-0.2, -0.15) is 0 Å². The summed E-state index contributed by atoms with van der Waals surface area (Å²) in [6.45, 7) is 4.14. The van der Waals surface area contributed by atoms with Crippen LogP contribution in [0, 0.1) is 6.92 Å². The van der Waals surface area contributed by atoms with Crippen molar-refractivity contribution in [2.45, 2.75) is 32.7 Å². The maximum Gasteiger partial charge on any atom is 0.0302 e. The van der Waals surface area contributed by atoms with Crippen molar-refractivity contribution in [3.8, 4) is 0 Å². The molecule has 2 heteroatoms. The third kappa shape index (κ3) is 2.62. The van der Waals surface area contributed by atoms with Crippen LogP contribution in [0.2, 0.25) is 0 Å². The third-order valence-corrected chi connectivity index (χ3v) is 2.02. The molecule has 2 nitrogen and oxygen atoms in total. The molecule has 0 aliphatic carbocycles. The summed E-state index contributed by atoms with van der Waals surface area (Å²) in [6.07, 6.45) is 5.83. The molecule has 0 radical (unpaired) electrons. The largest absolute Gasteiger partial charge is 0.328 e. The second kappa shape index (κ2) is 4.21. The van der Waals surface area contributed by atoms with Gasteiger partial charge in [0.15, 0.2) is 0 Å². The van der Waals surface area contributed by atoms with Crippen LogP contribution in [0.25, 0.3) is 0 Å². The highest BCUT2D eigenvalue weighted by atomic mass is 14.6. The van der Waals surface area contributed by atoms with Gasteiger partial charge >= 0.3 is 0 Å². The van der Waals surface area contributed by atoms with E-state index >= 15 is 0 Å². The first-order valence-electron chi connectivity index (χ1n) is 4.35. The molecule has 0 aromatic carbocycles. The normalized spacial score (nSPS) is 12.9. The smallest absolute Gasteiger partial charge is 0.0302 e. The van der Waals surface area contributed by atoms with Gasteiger partial charge in [0.1, 0.15) is 0 Å². The molecule has 0 fully saturated rings. The lowest BCUT2D eigenvalue weighted by Crippen LogP contribution is -2.15. The number of aromatic nitrogens is 1. The first-order chi connectivity index (χ1) is 5.70. The molecule has 0 aliphatic rings. The standard InChI is InChI=1S/C10H16N2/c1-8-5-6-12-7-10(8)4-3-9(2)11/h5-7,9H,3-4,11H2,1-2H3. The molecule has 0 saturated carbocycles. The van der Waals surface area contributed by atoms with E-state index in [0.717, 1.165) is 12.8 Å². The van der Waals surface area contributed by atoms with Gasteiger partial charge in [0.25, 0.3) is 0 Å². The minimum absolute atomic E-state index is 0.282. The van der Waals surface area contributed by atoms with Gasteiger partial charge in [-0.1, -0.05) is 0 Å². The Kier molecular flexibility index (Phi) is 3.23. The topological polar surface area (TPSA) is 38.9 Å². The van der Waals surface area contributed by atoms with Crippen LogP contribution < -0.4 is 5.73 Å².